The molecule has 0 amide bonds. The predicted octanol–water partition coefficient (Wildman–Crippen LogP) is 4.66. The first-order valence-electron chi connectivity index (χ1n) is 7.10. The second kappa shape index (κ2) is 6.61. The maximum atomic E-state index is 12.5. The van der Waals surface area contributed by atoms with Gasteiger partial charge in [0.25, 0.3) is 0 Å². The van der Waals surface area contributed by atoms with Crippen LogP contribution in [0, 0.1) is 5.41 Å². The second-order valence-electron chi connectivity index (χ2n) is 5.85. The van der Waals surface area contributed by atoms with E-state index in [1.54, 1.807) is 12.1 Å². The molecule has 1 unspecified atom stereocenters. The highest BCUT2D eigenvalue weighted by Gasteiger charge is 2.31. The Kier molecular flexibility index (Phi) is 5.63. The summed E-state index contributed by atoms with van der Waals surface area (Å²) in [6, 6.07) is 5.75. The second-order valence-corrected chi connectivity index (χ2v) is 5.85. The summed E-state index contributed by atoms with van der Waals surface area (Å²) in [4.78, 5) is 0. The summed E-state index contributed by atoms with van der Waals surface area (Å²) in [6.07, 6.45) is -2.50. The van der Waals surface area contributed by atoms with Gasteiger partial charge in [0, 0.05) is 6.04 Å². The molecule has 1 rings (SSSR count). The average Bonchev–Trinajstić information content (AvgIpc) is 2.38. The van der Waals surface area contributed by atoms with Crippen LogP contribution >= 0.6 is 0 Å². The van der Waals surface area contributed by atoms with Gasteiger partial charge < -0.3 is 5.32 Å². The highest BCUT2D eigenvalue weighted by Crippen LogP contribution is 2.31. The monoisotopic (exact) mass is 287 g/mol. The van der Waals surface area contributed by atoms with Crippen LogP contribution in [-0.2, 0) is 12.6 Å². The van der Waals surface area contributed by atoms with E-state index >= 15 is 0 Å². The lowest BCUT2D eigenvalue weighted by Crippen LogP contribution is -2.43. The summed E-state index contributed by atoms with van der Waals surface area (Å²) >= 11 is 0. The first-order valence-corrected chi connectivity index (χ1v) is 7.10. The van der Waals surface area contributed by atoms with Crippen molar-refractivity contribution in [1.82, 2.24) is 5.32 Å². The van der Waals surface area contributed by atoms with E-state index in [0.717, 1.165) is 37.1 Å². The van der Waals surface area contributed by atoms with Gasteiger partial charge in [0.15, 0.2) is 0 Å². The van der Waals surface area contributed by atoms with Gasteiger partial charge in [0.1, 0.15) is 0 Å². The van der Waals surface area contributed by atoms with Crippen LogP contribution in [-0.4, -0.2) is 12.6 Å². The zero-order valence-electron chi connectivity index (χ0n) is 12.6. The summed E-state index contributed by atoms with van der Waals surface area (Å²) in [5, 5.41) is 3.44. The molecule has 0 bridgehead atoms. The molecule has 0 aliphatic carbocycles. The fraction of sp³-hybridized carbons (Fsp3) is 0.625. The van der Waals surface area contributed by atoms with Crippen LogP contribution in [0.1, 0.15) is 45.2 Å². The van der Waals surface area contributed by atoms with Gasteiger partial charge in [-0.15, -0.1) is 0 Å². The van der Waals surface area contributed by atoms with Crippen molar-refractivity contribution in [3.8, 4) is 0 Å². The van der Waals surface area contributed by atoms with Crippen LogP contribution in [0.15, 0.2) is 24.3 Å². The van der Waals surface area contributed by atoms with Gasteiger partial charge in [-0.25, -0.2) is 0 Å². The molecule has 0 aromatic heterocycles. The smallest absolute Gasteiger partial charge is 0.313 e. The molecule has 0 aliphatic rings. The van der Waals surface area contributed by atoms with Gasteiger partial charge >= 0.3 is 6.18 Å². The van der Waals surface area contributed by atoms with Gasteiger partial charge in [0.2, 0.25) is 0 Å². The number of alkyl halides is 3. The maximum Gasteiger partial charge on any atom is 0.416 e. The third-order valence-corrected chi connectivity index (χ3v) is 4.03. The van der Waals surface area contributed by atoms with Gasteiger partial charge in [-0.3, -0.25) is 0 Å². The molecule has 0 saturated carbocycles. The highest BCUT2D eigenvalue weighted by atomic mass is 19.4. The maximum absolute atomic E-state index is 12.5. The Morgan fingerprint density at radius 1 is 1.05 bits per heavy atom. The third-order valence-electron chi connectivity index (χ3n) is 4.03. The topological polar surface area (TPSA) is 12.0 Å². The van der Waals surface area contributed by atoms with Crippen molar-refractivity contribution < 1.29 is 13.2 Å². The predicted molar refractivity (Wildman–Crippen MR) is 76.7 cm³/mol. The lowest BCUT2D eigenvalue weighted by Gasteiger charge is -2.34. The fourth-order valence-electron chi connectivity index (χ4n) is 2.18. The van der Waals surface area contributed by atoms with Crippen molar-refractivity contribution in [3.63, 3.8) is 0 Å². The Morgan fingerprint density at radius 3 is 2.00 bits per heavy atom. The minimum Gasteiger partial charge on any atom is -0.313 e. The molecule has 0 fully saturated rings. The summed E-state index contributed by atoms with van der Waals surface area (Å²) in [5.41, 5.74) is 0.458. The molecule has 1 atom stereocenters. The molecular formula is C16H24F3N. The van der Waals surface area contributed by atoms with E-state index < -0.39 is 11.7 Å². The molecule has 1 N–H and O–H groups in total. The van der Waals surface area contributed by atoms with Crippen LogP contribution in [0.3, 0.4) is 0 Å². The van der Waals surface area contributed by atoms with E-state index in [4.69, 9.17) is 0 Å². The number of hydrogen-bond acceptors (Lipinski definition) is 1. The molecule has 114 valence electrons. The molecule has 0 heterocycles. The Labute approximate surface area is 119 Å². The van der Waals surface area contributed by atoms with E-state index in [1.165, 1.54) is 0 Å². The first kappa shape index (κ1) is 17.0. The minimum absolute atomic E-state index is 0.110. The van der Waals surface area contributed by atoms with E-state index in [1.807, 2.05) is 6.92 Å². The molecule has 1 aromatic carbocycles. The Hall–Kier alpha value is -1.03. The number of halogens is 3. The van der Waals surface area contributed by atoms with Crippen LogP contribution < -0.4 is 5.32 Å². The van der Waals surface area contributed by atoms with Crippen molar-refractivity contribution in [2.75, 3.05) is 6.54 Å². The zero-order chi connectivity index (χ0) is 15.4. The molecule has 0 radical (unpaired) electrons. The lowest BCUT2D eigenvalue weighted by atomic mass is 9.79. The van der Waals surface area contributed by atoms with Crippen LogP contribution in [0.5, 0.6) is 0 Å². The van der Waals surface area contributed by atoms with Gasteiger partial charge in [0.05, 0.1) is 5.56 Å². The first-order chi connectivity index (χ1) is 9.20. The molecule has 0 saturated heterocycles. The van der Waals surface area contributed by atoms with Crippen molar-refractivity contribution in [2.24, 2.45) is 5.41 Å². The van der Waals surface area contributed by atoms with Crippen LogP contribution in [0.25, 0.3) is 0 Å². The lowest BCUT2D eigenvalue weighted by molar-refractivity contribution is -0.137. The SMILES string of the molecule is CCNC(Cc1ccc(C(F)(F)F)cc1)C(C)(C)CC. The molecule has 1 nitrogen and oxygen atoms in total. The molecule has 20 heavy (non-hydrogen) atoms. The average molecular weight is 287 g/mol. The quantitative estimate of drug-likeness (QED) is 0.802. The molecule has 1 aromatic rings. The standard InChI is InChI=1S/C16H24F3N/c1-5-15(3,4)14(20-6-2)11-12-7-9-13(10-8-12)16(17,18)19/h7-10,14,20H,5-6,11H2,1-4H3. The van der Waals surface area contributed by atoms with E-state index in [-0.39, 0.29) is 11.5 Å². The van der Waals surface area contributed by atoms with E-state index in [9.17, 15) is 13.2 Å². The van der Waals surface area contributed by atoms with Crippen LogP contribution in [0.2, 0.25) is 0 Å². The largest absolute Gasteiger partial charge is 0.416 e. The normalized spacial score (nSPS) is 14.3. The number of nitrogens with one attached hydrogen (secondary N) is 1. The Morgan fingerprint density at radius 2 is 1.60 bits per heavy atom. The number of benzene rings is 1. The summed E-state index contributed by atoms with van der Waals surface area (Å²) in [7, 11) is 0. The summed E-state index contributed by atoms with van der Waals surface area (Å²) < 4.78 is 37.6. The van der Waals surface area contributed by atoms with Crippen molar-refractivity contribution in [3.05, 3.63) is 35.4 Å². The number of rotatable bonds is 6. The van der Waals surface area contributed by atoms with Gasteiger partial charge in [-0.2, -0.15) is 13.2 Å². The highest BCUT2D eigenvalue weighted by molar-refractivity contribution is 5.25. The Bertz CT molecular complexity index is 407. The van der Waals surface area contributed by atoms with Gasteiger partial charge in [-0.1, -0.05) is 39.8 Å². The van der Waals surface area contributed by atoms with Crippen LogP contribution in [0.4, 0.5) is 13.2 Å². The van der Waals surface area contributed by atoms with E-state index in [0.29, 0.717) is 0 Å². The zero-order valence-corrected chi connectivity index (χ0v) is 12.6. The summed E-state index contributed by atoms with van der Waals surface area (Å²) in [6.45, 7) is 9.41. The van der Waals surface area contributed by atoms with E-state index in [2.05, 4.69) is 26.1 Å². The molecule has 0 spiro atoms. The minimum atomic E-state index is -4.26. The van der Waals surface area contributed by atoms with Crippen molar-refractivity contribution >= 4 is 0 Å². The van der Waals surface area contributed by atoms with Crippen molar-refractivity contribution in [1.29, 1.82) is 0 Å². The van der Waals surface area contributed by atoms with Crippen molar-refractivity contribution in [2.45, 2.75) is 52.8 Å². The molecule has 0 aliphatic heterocycles. The van der Waals surface area contributed by atoms with Gasteiger partial charge in [-0.05, 0) is 42.5 Å². The molecule has 4 heteroatoms. The summed E-state index contributed by atoms with van der Waals surface area (Å²) in [5.74, 6) is 0. The number of hydrogen-bond donors (Lipinski definition) is 1. The number of likely N-dealkylation sites (N-methyl/N-ethyl adjacent to an activating group) is 1. The third kappa shape index (κ3) is 4.51. The molecular weight excluding hydrogens is 263 g/mol. The fourth-order valence-corrected chi connectivity index (χ4v) is 2.18. The Balaban J connectivity index is 2.84.